The van der Waals surface area contributed by atoms with E-state index in [1.165, 1.54) is 31.2 Å². The van der Waals surface area contributed by atoms with E-state index < -0.39 is 0 Å². The van der Waals surface area contributed by atoms with E-state index in [0.29, 0.717) is 11.3 Å². The first kappa shape index (κ1) is 14.8. The van der Waals surface area contributed by atoms with E-state index in [-0.39, 0.29) is 5.38 Å². The van der Waals surface area contributed by atoms with Gasteiger partial charge in [-0.2, -0.15) is 0 Å². The second kappa shape index (κ2) is 6.26. The molecule has 1 atom stereocenters. The van der Waals surface area contributed by atoms with Gasteiger partial charge >= 0.3 is 0 Å². The molecule has 0 amide bonds. The largest absolute Gasteiger partial charge is 0.265 e. The number of nitrogens with zero attached hydrogens (tertiary/aromatic N) is 1. The van der Waals surface area contributed by atoms with Crippen LogP contribution in [0.5, 0.6) is 0 Å². The lowest BCUT2D eigenvalue weighted by molar-refractivity contribution is 0.148. The molecule has 0 bridgehead atoms. The molecule has 0 N–H and O–H groups in total. The molecule has 1 aliphatic carbocycles. The van der Waals surface area contributed by atoms with Gasteiger partial charge in [0.2, 0.25) is 0 Å². The van der Waals surface area contributed by atoms with E-state index >= 15 is 0 Å². The van der Waals surface area contributed by atoms with E-state index in [1.54, 1.807) is 0 Å². The van der Waals surface area contributed by atoms with Crippen molar-refractivity contribution in [3.63, 3.8) is 0 Å². The van der Waals surface area contributed by atoms with Gasteiger partial charge in [0.1, 0.15) is 0 Å². The van der Waals surface area contributed by atoms with E-state index in [9.17, 15) is 0 Å². The van der Waals surface area contributed by atoms with Gasteiger partial charge in [-0.25, -0.2) is 0 Å². The third-order valence-corrected chi connectivity index (χ3v) is 5.20. The molecule has 2 rings (SSSR count). The molecule has 1 heterocycles. The summed E-state index contributed by atoms with van der Waals surface area (Å²) in [4.78, 5) is 4.06. The van der Waals surface area contributed by atoms with Crippen LogP contribution in [0.25, 0.3) is 0 Å². The first-order valence-electron chi connectivity index (χ1n) is 7.50. The van der Waals surface area contributed by atoms with Crippen LogP contribution in [0.3, 0.4) is 0 Å². The van der Waals surface area contributed by atoms with Crippen LogP contribution in [0, 0.1) is 17.3 Å². The van der Waals surface area contributed by atoms with Crippen molar-refractivity contribution < 1.29 is 0 Å². The number of rotatable bonds is 3. The molecular formula is C17H26ClN. The molecular weight excluding hydrogens is 254 g/mol. The van der Waals surface area contributed by atoms with Crippen LogP contribution in [-0.2, 0) is 6.42 Å². The smallest absolute Gasteiger partial charge is 0.0404 e. The lowest BCUT2D eigenvalue weighted by atomic mass is 9.69. The molecule has 1 aromatic heterocycles. The van der Waals surface area contributed by atoms with Crippen LogP contribution in [0.15, 0.2) is 24.5 Å². The quantitative estimate of drug-likeness (QED) is 0.703. The van der Waals surface area contributed by atoms with E-state index in [0.717, 1.165) is 12.3 Å². The Morgan fingerprint density at radius 1 is 1.16 bits per heavy atom. The number of halogens is 1. The molecule has 1 aliphatic rings. The minimum Gasteiger partial charge on any atom is -0.265 e. The van der Waals surface area contributed by atoms with Crippen LogP contribution in [-0.4, -0.2) is 10.4 Å². The van der Waals surface area contributed by atoms with Crippen molar-refractivity contribution >= 4 is 11.6 Å². The number of alkyl halides is 1. The maximum absolute atomic E-state index is 6.64. The fourth-order valence-corrected chi connectivity index (χ4v) is 3.69. The summed E-state index contributed by atoms with van der Waals surface area (Å²) in [5.74, 6) is 1.56. The predicted octanol–water partition coefficient (Wildman–Crippen LogP) is 5.08. The molecule has 19 heavy (non-hydrogen) atoms. The van der Waals surface area contributed by atoms with Crippen molar-refractivity contribution in [1.82, 2.24) is 4.98 Å². The first-order chi connectivity index (χ1) is 8.97. The summed E-state index contributed by atoms with van der Waals surface area (Å²) in [6.45, 7) is 7.10. The Balaban J connectivity index is 1.84. The highest BCUT2D eigenvalue weighted by Gasteiger charge is 2.32. The van der Waals surface area contributed by atoms with Crippen LogP contribution >= 0.6 is 11.6 Å². The second-order valence-electron chi connectivity index (χ2n) is 7.05. The van der Waals surface area contributed by atoms with Crippen molar-refractivity contribution in [2.75, 3.05) is 0 Å². The monoisotopic (exact) mass is 279 g/mol. The summed E-state index contributed by atoms with van der Waals surface area (Å²) in [6, 6.07) is 4.16. The first-order valence-corrected chi connectivity index (χ1v) is 7.93. The average Bonchev–Trinajstić information content (AvgIpc) is 2.39. The molecule has 0 aromatic carbocycles. The van der Waals surface area contributed by atoms with Crippen molar-refractivity contribution in [1.29, 1.82) is 0 Å². The zero-order valence-electron chi connectivity index (χ0n) is 12.4. The standard InChI is InChI=1S/C17H26ClN/c1-17(2,3)15-6-4-14(5-7-15)16(18)12-13-8-10-19-11-9-13/h8-11,14-16H,4-7,12H2,1-3H3. The zero-order chi connectivity index (χ0) is 13.9. The summed E-state index contributed by atoms with van der Waals surface area (Å²) >= 11 is 6.64. The van der Waals surface area contributed by atoms with Crippen molar-refractivity contribution in [2.24, 2.45) is 17.3 Å². The lowest BCUT2D eigenvalue weighted by Crippen LogP contribution is -2.29. The summed E-state index contributed by atoms with van der Waals surface area (Å²) in [5, 5.41) is 0.281. The van der Waals surface area contributed by atoms with Crippen molar-refractivity contribution in [3.8, 4) is 0 Å². The third kappa shape index (κ3) is 4.21. The molecule has 0 saturated heterocycles. The Labute approximate surface area is 122 Å². The number of aromatic nitrogens is 1. The normalized spacial score (nSPS) is 26.1. The maximum Gasteiger partial charge on any atom is 0.0404 e. The molecule has 0 spiro atoms. The Hall–Kier alpha value is -0.560. The topological polar surface area (TPSA) is 12.9 Å². The van der Waals surface area contributed by atoms with Crippen LogP contribution in [0.2, 0.25) is 0 Å². The molecule has 1 fully saturated rings. The van der Waals surface area contributed by atoms with E-state index in [1.807, 2.05) is 12.4 Å². The second-order valence-corrected chi connectivity index (χ2v) is 7.61. The Morgan fingerprint density at radius 2 is 1.74 bits per heavy atom. The van der Waals surface area contributed by atoms with Gasteiger partial charge in [-0.3, -0.25) is 4.98 Å². The fraction of sp³-hybridized carbons (Fsp3) is 0.706. The predicted molar refractivity (Wildman–Crippen MR) is 82.5 cm³/mol. The Morgan fingerprint density at radius 3 is 2.26 bits per heavy atom. The van der Waals surface area contributed by atoms with Crippen molar-refractivity contribution in [3.05, 3.63) is 30.1 Å². The van der Waals surface area contributed by atoms with Gasteiger partial charge in [0.05, 0.1) is 0 Å². The highest BCUT2D eigenvalue weighted by molar-refractivity contribution is 6.20. The number of hydrogen-bond acceptors (Lipinski definition) is 1. The highest BCUT2D eigenvalue weighted by atomic mass is 35.5. The molecule has 0 radical (unpaired) electrons. The molecule has 1 aromatic rings. The van der Waals surface area contributed by atoms with Gasteiger partial charge in [-0.15, -0.1) is 11.6 Å². The molecule has 1 saturated carbocycles. The molecule has 0 aliphatic heterocycles. The van der Waals surface area contributed by atoms with E-state index in [4.69, 9.17) is 11.6 Å². The Bertz CT molecular complexity index is 374. The van der Waals surface area contributed by atoms with Gasteiger partial charge in [0.25, 0.3) is 0 Å². The summed E-state index contributed by atoms with van der Waals surface area (Å²) < 4.78 is 0. The van der Waals surface area contributed by atoms with Crippen LogP contribution in [0.1, 0.15) is 52.0 Å². The SMILES string of the molecule is CC(C)(C)C1CCC(C(Cl)Cc2ccncc2)CC1. The average molecular weight is 280 g/mol. The van der Waals surface area contributed by atoms with Gasteiger partial charge in [0.15, 0.2) is 0 Å². The number of pyridine rings is 1. The fourth-order valence-electron chi connectivity index (χ4n) is 3.26. The van der Waals surface area contributed by atoms with Crippen LogP contribution in [0.4, 0.5) is 0 Å². The highest BCUT2D eigenvalue weighted by Crippen LogP contribution is 2.41. The molecule has 1 nitrogen and oxygen atoms in total. The van der Waals surface area contributed by atoms with Gasteiger partial charge in [0, 0.05) is 17.8 Å². The van der Waals surface area contributed by atoms with Gasteiger partial charge in [-0.1, -0.05) is 20.8 Å². The van der Waals surface area contributed by atoms with Gasteiger partial charge < -0.3 is 0 Å². The van der Waals surface area contributed by atoms with E-state index in [2.05, 4.69) is 37.9 Å². The summed E-state index contributed by atoms with van der Waals surface area (Å²) in [7, 11) is 0. The molecule has 1 unspecified atom stereocenters. The maximum atomic E-state index is 6.64. The summed E-state index contributed by atoms with van der Waals surface area (Å²) in [6.07, 6.45) is 9.96. The molecule has 106 valence electrons. The van der Waals surface area contributed by atoms with Crippen LogP contribution < -0.4 is 0 Å². The lowest BCUT2D eigenvalue weighted by Gasteiger charge is -2.38. The van der Waals surface area contributed by atoms with Gasteiger partial charge in [-0.05, 0) is 67.1 Å². The zero-order valence-corrected chi connectivity index (χ0v) is 13.2. The number of hydrogen-bond donors (Lipinski definition) is 0. The minimum atomic E-state index is 0.281. The van der Waals surface area contributed by atoms with Crippen molar-refractivity contribution in [2.45, 2.75) is 58.3 Å². The Kier molecular flexibility index (Phi) is 4.89. The minimum absolute atomic E-state index is 0.281. The third-order valence-electron chi connectivity index (χ3n) is 4.69. The summed E-state index contributed by atoms with van der Waals surface area (Å²) in [5.41, 5.74) is 1.77. The molecule has 2 heteroatoms.